The summed E-state index contributed by atoms with van der Waals surface area (Å²) in [7, 11) is 0. The fraction of sp³-hybridized carbons (Fsp3) is 0.158. The molecule has 2 aromatic heterocycles. The maximum Gasteiger partial charge on any atom is 0.119 e. The lowest BCUT2D eigenvalue weighted by atomic mass is 10.1. The van der Waals surface area contributed by atoms with E-state index in [2.05, 4.69) is 26.3 Å². The molecule has 0 amide bonds. The van der Waals surface area contributed by atoms with Crippen LogP contribution in [0.25, 0.3) is 21.9 Å². The normalized spacial score (nSPS) is 10.6. The minimum Gasteiger partial charge on any atom is -0.494 e. The van der Waals surface area contributed by atoms with Crippen LogP contribution in [0.15, 0.2) is 48.8 Å². The molecule has 2 heterocycles. The summed E-state index contributed by atoms with van der Waals surface area (Å²) >= 11 is 0. The SMILES string of the molecule is CCOc1ccc(Nc2cc(C)nc3ccc4nc[nH]c4c23)cc1.Cl. The minimum absolute atomic E-state index is 0. The lowest BCUT2D eigenvalue weighted by molar-refractivity contribution is 0.340. The third kappa shape index (κ3) is 3.23. The number of nitrogens with one attached hydrogen (secondary N) is 2. The van der Waals surface area contributed by atoms with Crippen LogP contribution in [0.5, 0.6) is 5.75 Å². The van der Waals surface area contributed by atoms with Gasteiger partial charge in [-0.05, 0) is 56.3 Å². The van der Waals surface area contributed by atoms with Crippen LogP contribution in [0.3, 0.4) is 0 Å². The molecule has 0 unspecified atom stereocenters. The van der Waals surface area contributed by atoms with E-state index in [0.29, 0.717) is 6.61 Å². The highest BCUT2D eigenvalue weighted by Gasteiger charge is 2.10. The van der Waals surface area contributed by atoms with Gasteiger partial charge in [0.1, 0.15) is 5.75 Å². The zero-order valence-electron chi connectivity index (χ0n) is 14.0. The van der Waals surface area contributed by atoms with Gasteiger partial charge in [-0.25, -0.2) is 4.98 Å². The Balaban J connectivity index is 0.00000182. The van der Waals surface area contributed by atoms with Gasteiger partial charge < -0.3 is 15.0 Å². The molecule has 0 saturated heterocycles. The molecule has 0 aliphatic rings. The largest absolute Gasteiger partial charge is 0.494 e. The molecule has 0 fully saturated rings. The van der Waals surface area contributed by atoms with Gasteiger partial charge in [0.15, 0.2) is 0 Å². The Kier molecular flexibility index (Phi) is 4.76. The van der Waals surface area contributed by atoms with Gasteiger partial charge in [-0.15, -0.1) is 12.4 Å². The first-order chi connectivity index (χ1) is 11.7. The number of aromatic nitrogens is 3. The lowest BCUT2D eigenvalue weighted by Crippen LogP contribution is -1.96. The number of aromatic amines is 1. The topological polar surface area (TPSA) is 62.8 Å². The van der Waals surface area contributed by atoms with Crippen molar-refractivity contribution >= 4 is 45.7 Å². The van der Waals surface area contributed by atoms with Crippen LogP contribution in [-0.4, -0.2) is 21.6 Å². The number of H-pyrrole nitrogens is 1. The number of ether oxygens (including phenoxy) is 1. The average molecular weight is 355 g/mol. The van der Waals surface area contributed by atoms with Crippen molar-refractivity contribution in [1.29, 1.82) is 0 Å². The number of aryl methyl sites for hydroxylation is 1. The zero-order valence-corrected chi connectivity index (χ0v) is 14.9. The minimum atomic E-state index is 0. The number of fused-ring (bicyclic) bond motifs is 3. The molecule has 4 rings (SSSR count). The maximum atomic E-state index is 5.50. The molecule has 0 aliphatic heterocycles. The first-order valence-corrected chi connectivity index (χ1v) is 7.98. The Morgan fingerprint density at radius 3 is 2.60 bits per heavy atom. The van der Waals surface area contributed by atoms with Crippen LogP contribution in [0.2, 0.25) is 0 Å². The van der Waals surface area contributed by atoms with Gasteiger partial charge in [0.05, 0.1) is 35.2 Å². The molecule has 4 aromatic rings. The van der Waals surface area contributed by atoms with Gasteiger partial charge in [0.25, 0.3) is 0 Å². The Morgan fingerprint density at radius 1 is 1.08 bits per heavy atom. The Hall–Kier alpha value is -2.79. The summed E-state index contributed by atoms with van der Waals surface area (Å²) in [4.78, 5) is 12.2. The predicted octanol–water partition coefficient (Wildman–Crippen LogP) is 4.98. The van der Waals surface area contributed by atoms with Crippen LogP contribution < -0.4 is 10.1 Å². The number of imidazole rings is 1. The molecule has 128 valence electrons. The summed E-state index contributed by atoms with van der Waals surface area (Å²) < 4.78 is 5.50. The summed E-state index contributed by atoms with van der Waals surface area (Å²) in [5.41, 5.74) is 5.85. The van der Waals surface area contributed by atoms with Gasteiger partial charge in [-0.3, -0.25) is 4.98 Å². The highest BCUT2D eigenvalue weighted by Crippen LogP contribution is 2.31. The van der Waals surface area contributed by atoms with Crippen molar-refractivity contribution in [3.8, 4) is 5.75 Å². The quantitative estimate of drug-likeness (QED) is 0.542. The molecule has 2 N–H and O–H groups in total. The molecule has 25 heavy (non-hydrogen) atoms. The molecule has 0 atom stereocenters. The third-order valence-corrected chi connectivity index (χ3v) is 3.94. The fourth-order valence-corrected chi connectivity index (χ4v) is 2.93. The number of pyridine rings is 1. The van der Waals surface area contributed by atoms with Gasteiger partial charge in [0.2, 0.25) is 0 Å². The van der Waals surface area contributed by atoms with Crippen molar-refractivity contribution in [2.75, 3.05) is 11.9 Å². The van der Waals surface area contributed by atoms with E-state index in [1.807, 2.05) is 50.2 Å². The number of anilines is 2. The van der Waals surface area contributed by atoms with Crippen molar-refractivity contribution in [2.45, 2.75) is 13.8 Å². The fourth-order valence-electron chi connectivity index (χ4n) is 2.93. The van der Waals surface area contributed by atoms with Crippen molar-refractivity contribution in [2.24, 2.45) is 0 Å². The number of hydrogen-bond donors (Lipinski definition) is 2. The smallest absolute Gasteiger partial charge is 0.119 e. The summed E-state index contributed by atoms with van der Waals surface area (Å²) in [6, 6.07) is 14.0. The van der Waals surface area contributed by atoms with Crippen LogP contribution in [-0.2, 0) is 0 Å². The Labute approximate surface area is 151 Å². The van der Waals surface area contributed by atoms with E-state index in [-0.39, 0.29) is 12.4 Å². The van der Waals surface area contributed by atoms with Gasteiger partial charge in [-0.2, -0.15) is 0 Å². The molecule has 0 saturated carbocycles. The van der Waals surface area contributed by atoms with E-state index >= 15 is 0 Å². The van der Waals surface area contributed by atoms with Gasteiger partial charge in [-0.1, -0.05) is 0 Å². The van der Waals surface area contributed by atoms with Gasteiger partial charge in [0, 0.05) is 16.8 Å². The van der Waals surface area contributed by atoms with Crippen molar-refractivity contribution in [1.82, 2.24) is 15.0 Å². The highest BCUT2D eigenvalue weighted by atomic mass is 35.5. The summed E-state index contributed by atoms with van der Waals surface area (Å²) in [5, 5.41) is 4.54. The molecule has 5 nitrogen and oxygen atoms in total. The first kappa shape index (κ1) is 17.0. The second kappa shape index (κ2) is 6.99. The van der Waals surface area contributed by atoms with Crippen LogP contribution in [0, 0.1) is 6.92 Å². The number of rotatable bonds is 4. The second-order valence-electron chi connectivity index (χ2n) is 5.65. The Morgan fingerprint density at radius 2 is 1.84 bits per heavy atom. The molecule has 0 bridgehead atoms. The third-order valence-electron chi connectivity index (χ3n) is 3.94. The summed E-state index contributed by atoms with van der Waals surface area (Å²) in [5.74, 6) is 0.870. The lowest BCUT2D eigenvalue weighted by Gasteiger charge is -2.12. The molecular weight excluding hydrogens is 336 g/mol. The standard InChI is InChI=1S/C19H18N4O.ClH/c1-3-24-14-6-4-13(5-7-14)23-17-10-12(2)22-15-8-9-16-19(18(15)17)21-11-20-16;/h4-11H,3H2,1-2H3,(H,20,21)(H,22,23);1H. The zero-order chi connectivity index (χ0) is 16.5. The second-order valence-corrected chi connectivity index (χ2v) is 5.65. The van der Waals surface area contributed by atoms with E-state index in [0.717, 1.165) is 44.8 Å². The number of halogens is 1. The molecule has 2 aromatic carbocycles. The van der Waals surface area contributed by atoms with E-state index in [1.165, 1.54) is 0 Å². The maximum absolute atomic E-state index is 5.50. The number of nitrogens with zero attached hydrogens (tertiary/aromatic N) is 2. The van der Waals surface area contributed by atoms with Crippen LogP contribution in [0.4, 0.5) is 11.4 Å². The van der Waals surface area contributed by atoms with Gasteiger partial charge >= 0.3 is 0 Å². The molecular formula is C19H19ClN4O. The van der Waals surface area contributed by atoms with Crippen LogP contribution >= 0.6 is 12.4 Å². The number of hydrogen-bond acceptors (Lipinski definition) is 4. The van der Waals surface area contributed by atoms with Crippen molar-refractivity contribution in [3.05, 3.63) is 54.5 Å². The van der Waals surface area contributed by atoms with E-state index in [1.54, 1.807) is 6.33 Å². The average Bonchev–Trinajstić information content (AvgIpc) is 3.05. The predicted molar refractivity (Wildman–Crippen MR) is 104 cm³/mol. The molecule has 0 aliphatic carbocycles. The van der Waals surface area contributed by atoms with E-state index < -0.39 is 0 Å². The van der Waals surface area contributed by atoms with Crippen LogP contribution in [0.1, 0.15) is 12.6 Å². The monoisotopic (exact) mass is 354 g/mol. The highest BCUT2D eigenvalue weighted by molar-refractivity contribution is 6.10. The van der Waals surface area contributed by atoms with Crippen molar-refractivity contribution < 1.29 is 4.74 Å². The first-order valence-electron chi connectivity index (χ1n) is 7.98. The summed E-state index contributed by atoms with van der Waals surface area (Å²) in [6.07, 6.45) is 1.71. The van der Waals surface area contributed by atoms with E-state index in [4.69, 9.17) is 4.74 Å². The Bertz CT molecular complexity index is 1010. The number of benzene rings is 2. The van der Waals surface area contributed by atoms with Crippen molar-refractivity contribution in [3.63, 3.8) is 0 Å². The molecule has 0 spiro atoms. The molecule has 6 heteroatoms. The molecule has 0 radical (unpaired) electrons. The summed E-state index contributed by atoms with van der Waals surface area (Å²) in [6.45, 7) is 4.65. The van der Waals surface area contributed by atoms with E-state index in [9.17, 15) is 0 Å².